The summed E-state index contributed by atoms with van der Waals surface area (Å²) in [5.41, 5.74) is 2.23. The first-order valence-electron chi connectivity index (χ1n) is 8.06. The summed E-state index contributed by atoms with van der Waals surface area (Å²) in [6.45, 7) is 3.84. The van der Waals surface area contributed by atoms with Crippen LogP contribution >= 0.6 is 11.6 Å². The Hall–Kier alpha value is -2.30. The predicted molar refractivity (Wildman–Crippen MR) is 98.4 cm³/mol. The van der Waals surface area contributed by atoms with Crippen LogP contribution in [0.4, 0.5) is 0 Å². The third-order valence-corrected chi connectivity index (χ3v) is 4.37. The molecule has 0 bridgehead atoms. The van der Waals surface area contributed by atoms with Crippen LogP contribution in [-0.4, -0.2) is 11.2 Å². The number of aliphatic hydroxyl groups is 1. The second kappa shape index (κ2) is 7.30. The summed E-state index contributed by atoms with van der Waals surface area (Å²) in [5, 5.41) is 10.8. The van der Waals surface area contributed by atoms with E-state index in [4.69, 9.17) is 20.8 Å². The zero-order chi connectivity index (χ0) is 18.0. The highest BCUT2D eigenvalue weighted by molar-refractivity contribution is 6.32. The molecular formula is C20H19ClO4. The van der Waals surface area contributed by atoms with Gasteiger partial charge in [0, 0.05) is 23.4 Å². The van der Waals surface area contributed by atoms with Crippen molar-refractivity contribution in [1.29, 1.82) is 0 Å². The lowest BCUT2D eigenvalue weighted by atomic mass is 10.0. The third-order valence-electron chi connectivity index (χ3n) is 4.08. The van der Waals surface area contributed by atoms with Gasteiger partial charge in [-0.1, -0.05) is 41.9 Å². The molecule has 1 heterocycles. The first kappa shape index (κ1) is 17.5. The summed E-state index contributed by atoms with van der Waals surface area (Å²) >= 11 is 6.35. The number of fused-ring (bicyclic) bond motifs is 1. The molecule has 4 nitrogen and oxygen atoms in total. The van der Waals surface area contributed by atoms with E-state index in [9.17, 15) is 9.90 Å². The number of hydrogen-bond donors (Lipinski definition) is 1. The van der Waals surface area contributed by atoms with Crippen molar-refractivity contribution in [2.45, 2.75) is 33.0 Å². The molecule has 0 aliphatic heterocycles. The molecule has 0 radical (unpaired) electrons. The molecular weight excluding hydrogens is 340 g/mol. The Balaban J connectivity index is 1.97. The second-order valence-electron chi connectivity index (χ2n) is 6.10. The predicted octanol–water partition coefficient (Wildman–Crippen LogP) is 4.26. The minimum absolute atomic E-state index is 0.244. The van der Waals surface area contributed by atoms with E-state index in [2.05, 4.69) is 0 Å². The average molecular weight is 359 g/mol. The molecule has 1 unspecified atom stereocenters. The molecule has 5 heteroatoms. The Morgan fingerprint density at radius 3 is 2.64 bits per heavy atom. The van der Waals surface area contributed by atoms with Gasteiger partial charge < -0.3 is 14.3 Å². The van der Waals surface area contributed by atoms with Crippen LogP contribution in [0.25, 0.3) is 11.0 Å². The van der Waals surface area contributed by atoms with Crippen molar-refractivity contribution in [3.8, 4) is 5.75 Å². The Bertz CT molecular complexity index is 945. The van der Waals surface area contributed by atoms with Crippen LogP contribution in [-0.2, 0) is 13.0 Å². The molecule has 1 atom stereocenters. The van der Waals surface area contributed by atoms with E-state index in [1.54, 1.807) is 19.1 Å². The minimum Gasteiger partial charge on any atom is -0.487 e. The quantitative estimate of drug-likeness (QED) is 0.692. The summed E-state index contributed by atoms with van der Waals surface area (Å²) in [6.07, 6.45) is -0.378. The van der Waals surface area contributed by atoms with Crippen molar-refractivity contribution in [2.24, 2.45) is 0 Å². The van der Waals surface area contributed by atoms with Gasteiger partial charge in [-0.25, -0.2) is 4.79 Å². The number of aryl methyl sites for hydroxylation is 1. The van der Waals surface area contributed by atoms with Gasteiger partial charge in [0.2, 0.25) is 0 Å². The summed E-state index contributed by atoms with van der Waals surface area (Å²) < 4.78 is 11.2. The van der Waals surface area contributed by atoms with Crippen LogP contribution in [0.3, 0.4) is 0 Å². The van der Waals surface area contributed by atoms with Gasteiger partial charge in [-0.3, -0.25) is 0 Å². The van der Waals surface area contributed by atoms with Gasteiger partial charge in [0.15, 0.2) is 0 Å². The van der Waals surface area contributed by atoms with Gasteiger partial charge in [0.1, 0.15) is 17.9 Å². The average Bonchev–Trinajstić information content (AvgIpc) is 2.58. The molecule has 0 fully saturated rings. The number of benzene rings is 2. The first-order chi connectivity index (χ1) is 12.0. The van der Waals surface area contributed by atoms with Crippen LogP contribution < -0.4 is 10.4 Å². The fraction of sp³-hybridized carbons (Fsp3) is 0.250. The molecule has 0 amide bonds. The van der Waals surface area contributed by atoms with Gasteiger partial charge in [0.25, 0.3) is 0 Å². The number of rotatable bonds is 5. The monoisotopic (exact) mass is 358 g/mol. The van der Waals surface area contributed by atoms with E-state index in [1.807, 2.05) is 37.3 Å². The third kappa shape index (κ3) is 3.86. The van der Waals surface area contributed by atoms with Crippen molar-refractivity contribution < 1.29 is 14.3 Å². The number of ether oxygens (including phenoxy) is 1. The molecule has 0 aliphatic rings. The van der Waals surface area contributed by atoms with E-state index < -0.39 is 11.7 Å². The van der Waals surface area contributed by atoms with Crippen LogP contribution in [0.1, 0.15) is 23.6 Å². The molecule has 0 saturated heterocycles. The lowest BCUT2D eigenvalue weighted by molar-refractivity contribution is 0.194. The first-order valence-corrected chi connectivity index (χ1v) is 8.44. The maximum atomic E-state index is 12.2. The maximum Gasteiger partial charge on any atom is 0.339 e. The van der Waals surface area contributed by atoms with Gasteiger partial charge in [-0.2, -0.15) is 0 Å². The van der Waals surface area contributed by atoms with Crippen LogP contribution in [0.5, 0.6) is 5.75 Å². The maximum absolute atomic E-state index is 12.2. The number of halogens is 1. The molecule has 3 rings (SSSR count). The fourth-order valence-electron chi connectivity index (χ4n) is 2.77. The lowest BCUT2D eigenvalue weighted by Gasteiger charge is -2.12. The zero-order valence-electron chi connectivity index (χ0n) is 14.1. The molecule has 0 spiro atoms. The van der Waals surface area contributed by atoms with Crippen molar-refractivity contribution in [3.05, 3.63) is 74.6 Å². The minimum atomic E-state index is -0.622. The molecule has 3 aromatic rings. The topological polar surface area (TPSA) is 59.7 Å². The SMILES string of the molecule is Cc1c(CC(C)O)c(=O)oc2cc(OCc3ccccc3)c(Cl)cc12. The highest BCUT2D eigenvalue weighted by atomic mass is 35.5. The van der Waals surface area contributed by atoms with E-state index in [0.29, 0.717) is 28.5 Å². The van der Waals surface area contributed by atoms with Crippen molar-refractivity contribution in [2.75, 3.05) is 0 Å². The number of hydrogen-bond acceptors (Lipinski definition) is 4. The van der Waals surface area contributed by atoms with E-state index >= 15 is 0 Å². The molecule has 25 heavy (non-hydrogen) atoms. The summed E-state index contributed by atoms with van der Waals surface area (Å²) in [7, 11) is 0. The smallest absolute Gasteiger partial charge is 0.339 e. The molecule has 0 aliphatic carbocycles. The largest absolute Gasteiger partial charge is 0.487 e. The number of aliphatic hydroxyl groups excluding tert-OH is 1. The van der Waals surface area contributed by atoms with Crippen molar-refractivity contribution in [1.82, 2.24) is 0 Å². The standard InChI is InChI=1S/C20H19ClO4/c1-12(22)8-16-13(2)15-9-17(21)19(10-18(15)25-20(16)23)24-11-14-6-4-3-5-7-14/h3-7,9-10,12,22H,8,11H2,1-2H3. The molecule has 1 N–H and O–H groups in total. The van der Waals surface area contributed by atoms with Crippen LogP contribution in [0.2, 0.25) is 5.02 Å². The highest BCUT2D eigenvalue weighted by Crippen LogP contribution is 2.32. The normalized spacial score (nSPS) is 12.3. The summed E-state index contributed by atoms with van der Waals surface area (Å²) in [4.78, 5) is 12.2. The van der Waals surface area contributed by atoms with Crippen molar-refractivity contribution in [3.63, 3.8) is 0 Å². The molecule has 0 saturated carbocycles. The lowest BCUT2D eigenvalue weighted by Crippen LogP contribution is -2.16. The zero-order valence-corrected chi connectivity index (χ0v) is 14.8. The molecule has 1 aromatic heterocycles. The Labute approximate surface area is 150 Å². The van der Waals surface area contributed by atoms with E-state index in [-0.39, 0.29) is 6.42 Å². The van der Waals surface area contributed by atoms with Gasteiger partial charge in [-0.15, -0.1) is 0 Å². The van der Waals surface area contributed by atoms with Gasteiger partial charge in [0.05, 0.1) is 11.1 Å². The van der Waals surface area contributed by atoms with Crippen molar-refractivity contribution >= 4 is 22.6 Å². The highest BCUT2D eigenvalue weighted by Gasteiger charge is 2.15. The van der Waals surface area contributed by atoms with Gasteiger partial charge in [-0.05, 0) is 31.0 Å². The molecule has 2 aromatic carbocycles. The Morgan fingerprint density at radius 1 is 1.24 bits per heavy atom. The van der Waals surface area contributed by atoms with Crippen LogP contribution in [0.15, 0.2) is 51.7 Å². The Kier molecular flexibility index (Phi) is 5.11. The fourth-order valence-corrected chi connectivity index (χ4v) is 2.99. The second-order valence-corrected chi connectivity index (χ2v) is 6.51. The summed E-state index contributed by atoms with van der Waals surface area (Å²) in [5.74, 6) is 0.462. The summed E-state index contributed by atoms with van der Waals surface area (Å²) in [6, 6.07) is 13.1. The van der Waals surface area contributed by atoms with E-state index in [1.165, 1.54) is 0 Å². The molecule has 130 valence electrons. The van der Waals surface area contributed by atoms with Gasteiger partial charge >= 0.3 is 5.63 Å². The Morgan fingerprint density at radius 2 is 1.96 bits per heavy atom. The van der Waals surface area contributed by atoms with E-state index in [0.717, 1.165) is 16.5 Å². The van der Waals surface area contributed by atoms with Crippen LogP contribution in [0, 0.1) is 6.92 Å².